The number of aliphatic imine (C=N–C) groups is 1. The molecule has 1 aromatic carbocycles. The number of rotatable bonds is 3. The summed E-state index contributed by atoms with van der Waals surface area (Å²) in [7, 11) is 0. The molecule has 23 heavy (non-hydrogen) atoms. The molecule has 2 aliphatic rings. The molecule has 0 spiro atoms. The van der Waals surface area contributed by atoms with Crippen LogP contribution in [-0.4, -0.2) is 37.9 Å². The number of aliphatic carboxylic acids is 1. The van der Waals surface area contributed by atoms with Crippen molar-refractivity contribution in [3.63, 3.8) is 0 Å². The molecule has 1 N–H and O–H groups in total. The van der Waals surface area contributed by atoms with Crippen molar-refractivity contribution in [2.24, 2.45) is 4.99 Å². The first-order valence-electron chi connectivity index (χ1n) is 7.40. The van der Waals surface area contributed by atoms with Gasteiger partial charge < -0.3 is 10.0 Å². The first-order chi connectivity index (χ1) is 11.2. The molecule has 118 valence electrons. The molecule has 1 unspecified atom stereocenters. The number of fused-ring (bicyclic) bond motifs is 2. The van der Waals surface area contributed by atoms with Crippen LogP contribution in [0.5, 0.6) is 0 Å². The van der Waals surface area contributed by atoms with Crippen LogP contribution in [0.15, 0.2) is 34.6 Å². The zero-order chi connectivity index (χ0) is 15.8. The third kappa shape index (κ3) is 2.98. The number of benzene rings is 1. The molecule has 7 heteroatoms. The van der Waals surface area contributed by atoms with Gasteiger partial charge in [0.2, 0.25) is 5.13 Å². The number of nitrogens with zero attached hydrogens (tertiary/aromatic N) is 3. The lowest BCUT2D eigenvalue weighted by Crippen LogP contribution is -2.38. The van der Waals surface area contributed by atoms with E-state index in [0.29, 0.717) is 16.9 Å². The highest BCUT2D eigenvalue weighted by Gasteiger charge is 2.34. The van der Waals surface area contributed by atoms with Crippen LogP contribution in [0.4, 0.5) is 5.13 Å². The van der Waals surface area contributed by atoms with Crippen molar-refractivity contribution in [2.45, 2.75) is 25.4 Å². The van der Waals surface area contributed by atoms with Crippen LogP contribution >= 0.6 is 23.1 Å². The van der Waals surface area contributed by atoms with Gasteiger partial charge in [-0.05, 0) is 17.5 Å². The summed E-state index contributed by atoms with van der Waals surface area (Å²) in [6, 6.07) is 9.07. The smallest absolute Gasteiger partial charge is 0.309 e. The van der Waals surface area contributed by atoms with Crippen molar-refractivity contribution < 1.29 is 9.90 Å². The highest BCUT2D eigenvalue weighted by atomic mass is 32.2. The highest BCUT2D eigenvalue weighted by molar-refractivity contribution is 8.14. The lowest BCUT2D eigenvalue weighted by Gasteiger charge is -2.32. The Kier molecular flexibility index (Phi) is 3.82. The molecule has 0 saturated carbocycles. The van der Waals surface area contributed by atoms with E-state index in [2.05, 4.69) is 39.1 Å². The van der Waals surface area contributed by atoms with Crippen molar-refractivity contribution in [1.82, 2.24) is 9.88 Å². The minimum Gasteiger partial charge on any atom is -0.481 e. The van der Waals surface area contributed by atoms with Gasteiger partial charge in [0.25, 0.3) is 0 Å². The van der Waals surface area contributed by atoms with E-state index in [0.717, 1.165) is 23.9 Å². The fourth-order valence-corrected chi connectivity index (χ4v) is 4.89. The molecule has 0 amide bonds. The Hall–Kier alpha value is -1.86. The minimum absolute atomic E-state index is 0.0474. The van der Waals surface area contributed by atoms with E-state index in [1.165, 1.54) is 22.5 Å². The van der Waals surface area contributed by atoms with Crippen LogP contribution in [0.3, 0.4) is 0 Å². The summed E-state index contributed by atoms with van der Waals surface area (Å²) < 4.78 is 0. The molecule has 1 aromatic heterocycles. The Bertz CT molecular complexity index is 787. The summed E-state index contributed by atoms with van der Waals surface area (Å²) in [4.78, 5) is 22.1. The number of thioether (sulfide) groups is 1. The van der Waals surface area contributed by atoms with Gasteiger partial charge in [-0.2, -0.15) is 4.99 Å². The predicted octanol–water partition coefficient (Wildman–Crippen LogP) is 2.93. The Labute approximate surface area is 142 Å². The summed E-state index contributed by atoms with van der Waals surface area (Å²) in [6.45, 7) is 0.889. The molecule has 1 atom stereocenters. The van der Waals surface area contributed by atoms with Gasteiger partial charge in [0.15, 0.2) is 5.17 Å². The number of aromatic nitrogens is 1. The number of carbonyl (C=O) groups is 1. The first-order valence-corrected chi connectivity index (χ1v) is 9.26. The van der Waals surface area contributed by atoms with Gasteiger partial charge >= 0.3 is 5.97 Å². The maximum atomic E-state index is 10.7. The van der Waals surface area contributed by atoms with E-state index in [4.69, 9.17) is 5.11 Å². The van der Waals surface area contributed by atoms with E-state index in [1.807, 2.05) is 0 Å². The number of hydrogen-bond donors (Lipinski definition) is 1. The monoisotopic (exact) mass is 345 g/mol. The summed E-state index contributed by atoms with van der Waals surface area (Å²) in [5.41, 5.74) is 3.38. The van der Waals surface area contributed by atoms with Crippen LogP contribution in [0.1, 0.15) is 16.8 Å². The molecular weight excluding hydrogens is 330 g/mol. The quantitative estimate of drug-likeness (QED) is 0.926. The third-order valence-electron chi connectivity index (χ3n) is 4.07. The Morgan fingerprint density at radius 1 is 1.39 bits per heavy atom. The Balaban J connectivity index is 1.56. The number of amidine groups is 1. The standard InChI is InChI=1S/C16H15N3O2S2/c20-14(21)6-12-8-22-15(17-12)18-16-19-7-11-4-2-1-3-10(11)5-13(19)9-23-16/h1-4,8,13H,5-7,9H2,(H,20,21). The number of carboxylic acid groups (broad SMARTS) is 1. The molecule has 1 saturated heterocycles. The van der Waals surface area contributed by atoms with Gasteiger partial charge in [0.05, 0.1) is 12.1 Å². The fraction of sp³-hybridized carbons (Fsp3) is 0.312. The fourth-order valence-electron chi connectivity index (χ4n) is 2.98. The number of thiazole rings is 1. The number of carboxylic acids is 1. The minimum atomic E-state index is -0.863. The van der Waals surface area contributed by atoms with E-state index in [-0.39, 0.29) is 6.42 Å². The maximum Gasteiger partial charge on any atom is 0.309 e. The third-order valence-corrected chi connectivity index (χ3v) is 5.99. The largest absolute Gasteiger partial charge is 0.481 e. The maximum absolute atomic E-state index is 10.7. The molecule has 1 fully saturated rings. The van der Waals surface area contributed by atoms with Gasteiger partial charge in [0.1, 0.15) is 0 Å². The summed E-state index contributed by atoms with van der Waals surface area (Å²) in [5.74, 6) is 0.179. The molecule has 2 aliphatic heterocycles. The zero-order valence-electron chi connectivity index (χ0n) is 12.3. The average molecular weight is 345 g/mol. The van der Waals surface area contributed by atoms with E-state index >= 15 is 0 Å². The number of hydrogen-bond acceptors (Lipinski definition) is 5. The Morgan fingerprint density at radius 3 is 3.04 bits per heavy atom. The second kappa shape index (κ2) is 5.98. The molecule has 0 bridgehead atoms. The van der Waals surface area contributed by atoms with Gasteiger partial charge in [-0.3, -0.25) is 4.79 Å². The zero-order valence-corrected chi connectivity index (χ0v) is 13.9. The molecule has 2 aromatic rings. The van der Waals surface area contributed by atoms with E-state index < -0.39 is 5.97 Å². The molecular formula is C16H15N3O2S2. The second-order valence-electron chi connectivity index (χ2n) is 5.65. The normalized spacial score (nSPS) is 21.3. The summed E-state index contributed by atoms with van der Waals surface area (Å²) >= 11 is 3.16. The van der Waals surface area contributed by atoms with Crippen LogP contribution < -0.4 is 0 Å². The Morgan fingerprint density at radius 2 is 2.22 bits per heavy atom. The van der Waals surface area contributed by atoms with Crippen LogP contribution in [-0.2, 0) is 24.2 Å². The molecule has 0 radical (unpaired) electrons. The van der Waals surface area contributed by atoms with Crippen LogP contribution in [0.2, 0.25) is 0 Å². The van der Waals surface area contributed by atoms with Crippen molar-refractivity contribution in [2.75, 3.05) is 5.75 Å². The average Bonchev–Trinajstić information content (AvgIpc) is 3.12. The first kappa shape index (κ1) is 14.7. The van der Waals surface area contributed by atoms with Crippen LogP contribution in [0.25, 0.3) is 0 Å². The molecule has 3 heterocycles. The van der Waals surface area contributed by atoms with Crippen molar-refractivity contribution in [3.05, 3.63) is 46.5 Å². The summed E-state index contributed by atoms with van der Waals surface area (Å²) in [5, 5.41) is 12.2. The van der Waals surface area contributed by atoms with Gasteiger partial charge in [-0.15, -0.1) is 11.3 Å². The molecule has 0 aliphatic carbocycles. The van der Waals surface area contributed by atoms with E-state index in [1.54, 1.807) is 17.1 Å². The van der Waals surface area contributed by atoms with Crippen LogP contribution in [0, 0.1) is 0 Å². The predicted molar refractivity (Wildman–Crippen MR) is 92.5 cm³/mol. The molecule has 5 nitrogen and oxygen atoms in total. The van der Waals surface area contributed by atoms with Gasteiger partial charge in [0, 0.05) is 23.7 Å². The van der Waals surface area contributed by atoms with Crippen molar-refractivity contribution in [1.29, 1.82) is 0 Å². The molecule has 4 rings (SSSR count). The summed E-state index contributed by atoms with van der Waals surface area (Å²) in [6.07, 6.45) is 1.01. The van der Waals surface area contributed by atoms with Crippen molar-refractivity contribution >= 4 is 39.4 Å². The lowest BCUT2D eigenvalue weighted by molar-refractivity contribution is -0.136. The van der Waals surface area contributed by atoms with Crippen molar-refractivity contribution in [3.8, 4) is 0 Å². The van der Waals surface area contributed by atoms with E-state index in [9.17, 15) is 4.79 Å². The van der Waals surface area contributed by atoms with Gasteiger partial charge in [-0.25, -0.2) is 4.98 Å². The topological polar surface area (TPSA) is 65.8 Å². The van der Waals surface area contributed by atoms with Gasteiger partial charge in [-0.1, -0.05) is 36.0 Å². The highest BCUT2D eigenvalue weighted by Crippen LogP contribution is 2.35. The second-order valence-corrected chi connectivity index (χ2v) is 7.48. The lowest BCUT2D eigenvalue weighted by atomic mass is 9.95. The SMILES string of the molecule is O=C(O)Cc1csc(N=C2SCC3Cc4ccccc4CN23)n1.